The Kier molecular flexibility index (Phi) is 3.87. The molecular weight excluding hydrogens is 228 g/mol. The van der Waals surface area contributed by atoms with E-state index in [0.29, 0.717) is 6.54 Å². The molecular formula is C14H20N2O2. The molecule has 0 saturated carbocycles. The fourth-order valence-electron chi connectivity index (χ4n) is 2.50. The van der Waals surface area contributed by atoms with Gasteiger partial charge >= 0.3 is 6.09 Å². The number of hydrogen-bond acceptors (Lipinski definition) is 2. The van der Waals surface area contributed by atoms with E-state index >= 15 is 0 Å². The minimum absolute atomic E-state index is 0.0578. The quantitative estimate of drug-likeness (QED) is 0.873. The smallest absolute Gasteiger partial charge is 0.407 e. The molecule has 0 bridgehead atoms. The summed E-state index contributed by atoms with van der Waals surface area (Å²) in [5.74, 6) is 0. The summed E-state index contributed by atoms with van der Waals surface area (Å²) in [6, 6.07) is 10.6. The van der Waals surface area contributed by atoms with Gasteiger partial charge in [0.2, 0.25) is 0 Å². The lowest BCUT2D eigenvalue weighted by atomic mass is 10.1. The van der Waals surface area contributed by atoms with Crippen LogP contribution in [-0.2, 0) is 6.54 Å². The summed E-state index contributed by atoms with van der Waals surface area (Å²) in [5, 5.41) is 9.11. The maximum Gasteiger partial charge on any atom is 0.407 e. The van der Waals surface area contributed by atoms with E-state index in [1.165, 1.54) is 10.5 Å². The number of carbonyl (C=O) groups is 1. The second kappa shape index (κ2) is 5.40. The second-order valence-corrected chi connectivity index (χ2v) is 5.05. The third-order valence-corrected chi connectivity index (χ3v) is 3.59. The summed E-state index contributed by atoms with van der Waals surface area (Å²) in [5.41, 5.74) is 1.28. The Morgan fingerprint density at radius 2 is 1.89 bits per heavy atom. The Labute approximate surface area is 108 Å². The Hall–Kier alpha value is -1.55. The average Bonchev–Trinajstić information content (AvgIpc) is 2.34. The van der Waals surface area contributed by atoms with E-state index in [-0.39, 0.29) is 12.1 Å². The molecule has 1 saturated heterocycles. The highest BCUT2D eigenvalue weighted by molar-refractivity contribution is 5.65. The summed E-state index contributed by atoms with van der Waals surface area (Å²) in [6.45, 7) is 6.33. The van der Waals surface area contributed by atoms with Crippen molar-refractivity contribution in [2.45, 2.75) is 32.5 Å². The van der Waals surface area contributed by atoms with Crippen LogP contribution in [0, 0.1) is 0 Å². The van der Waals surface area contributed by atoms with Gasteiger partial charge in [-0.1, -0.05) is 30.3 Å². The van der Waals surface area contributed by atoms with Gasteiger partial charge in [-0.3, -0.25) is 4.90 Å². The molecule has 98 valence electrons. The average molecular weight is 248 g/mol. The van der Waals surface area contributed by atoms with Crippen molar-refractivity contribution in [2.24, 2.45) is 0 Å². The molecule has 1 amide bonds. The fourth-order valence-corrected chi connectivity index (χ4v) is 2.50. The summed E-state index contributed by atoms with van der Waals surface area (Å²) in [6.07, 6.45) is -0.811. The van der Waals surface area contributed by atoms with Gasteiger partial charge in [-0.05, 0) is 19.4 Å². The van der Waals surface area contributed by atoms with Crippen molar-refractivity contribution in [3.63, 3.8) is 0 Å². The molecule has 4 heteroatoms. The first kappa shape index (κ1) is 12.9. The molecule has 1 aliphatic rings. The van der Waals surface area contributed by atoms with Crippen molar-refractivity contribution in [1.29, 1.82) is 0 Å². The van der Waals surface area contributed by atoms with Crippen LogP contribution in [0.4, 0.5) is 4.79 Å². The van der Waals surface area contributed by atoms with Gasteiger partial charge in [0.25, 0.3) is 0 Å². The molecule has 1 heterocycles. The third-order valence-electron chi connectivity index (χ3n) is 3.59. The number of amides is 1. The molecule has 4 nitrogen and oxygen atoms in total. The second-order valence-electron chi connectivity index (χ2n) is 5.05. The highest BCUT2D eigenvalue weighted by atomic mass is 16.4. The van der Waals surface area contributed by atoms with Crippen molar-refractivity contribution in [3.8, 4) is 0 Å². The van der Waals surface area contributed by atoms with Crippen LogP contribution >= 0.6 is 0 Å². The largest absolute Gasteiger partial charge is 0.465 e. The number of carboxylic acid groups (broad SMARTS) is 1. The Bertz CT molecular complexity index is 408. The summed E-state index contributed by atoms with van der Waals surface area (Å²) < 4.78 is 0. The number of rotatable bonds is 2. The van der Waals surface area contributed by atoms with Crippen LogP contribution in [0.15, 0.2) is 30.3 Å². The first-order valence-corrected chi connectivity index (χ1v) is 6.35. The molecule has 18 heavy (non-hydrogen) atoms. The molecule has 0 spiro atoms. The van der Waals surface area contributed by atoms with Gasteiger partial charge in [-0.2, -0.15) is 0 Å². The topological polar surface area (TPSA) is 43.8 Å². The lowest BCUT2D eigenvalue weighted by molar-refractivity contribution is 0.0397. The summed E-state index contributed by atoms with van der Waals surface area (Å²) >= 11 is 0. The maximum atomic E-state index is 11.1. The zero-order valence-electron chi connectivity index (χ0n) is 10.9. The molecule has 1 N–H and O–H groups in total. The van der Waals surface area contributed by atoms with Crippen LogP contribution in [0.3, 0.4) is 0 Å². The van der Waals surface area contributed by atoms with Crippen LogP contribution in [0.2, 0.25) is 0 Å². The highest BCUT2D eigenvalue weighted by Gasteiger charge is 2.31. The monoisotopic (exact) mass is 248 g/mol. The van der Waals surface area contributed by atoms with Gasteiger partial charge in [0.15, 0.2) is 0 Å². The molecule has 0 aliphatic carbocycles. The number of benzene rings is 1. The Balaban J connectivity index is 2.01. The Morgan fingerprint density at radius 3 is 2.50 bits per heavy atom. The number of piperazine rings is 1. The van der Waals surface area contributed by atoms with E-state index in [1.807, 2.05) is 25.1 Å². The maximum absolute atomic E-state index is 11.1. The zero-order chi connectivity index (χ0) is 13.1. The predicted molar refractivity (Wildman–Crippen MR) is 70.5 cm³/mol. The zero-order valence-corrected chi connectivity index (χ0v) is 10.9. The molecule has 0 aromatic heterocycles. The first-order chi connectivity index (χ1) is 8.58. The van der Waals surface area contributed by atoms with Crippen LogP contribution in [-0.4, -0.2) is 46.2 Å². The van der Waals surface area contributed by atoms with Crippen molar-refractivity contribution in [1.82, 2.24) is 9.80 Å². The molecule has 2 atom stereocenters. The van der Waals surface area contributed by atoms with E-state index in [4.69, 9.17) is 5.11 Å². The fraction of sp³-hybridized carbons (Fsp3) is 0.500. The summed E-state index contributed by atoms with van der Waals surface area (Å²) in [4.78, 5) is 15.0. The van der Waals surface area contributed by atoms with Gasteiger partial charge in [-0.25, -0.2) is 4.79 Å². The van der Waals surface area contributed by atoms with E-state index in [2.05, 4.69) is 24.0 Å². The van der Waals surface area contributed by atoms with Crippen LogP contribution in [0.1, 0.15) is 19.4 Å². The molecule has 0 radical (unpaired) electrons. The molecule has 1 aromatic carbocycles. The molecule has 1 fully saturated rings. The lowest BCUT2D eigenvalue weighted by Gasteiger charge is -2.42. The van der Waals surface area contributed by atoms with Crippen LogP contribution < -0.4 is 0 Å². The van der Waals surface area contributed by atoms with Crippen LogP contribution in [0.25, 0.3) is 0 Å². The van der Waals surface area contributed by atoms with Crippen molar-refractivity contribution in [2.75, 3.05) is 13.1 Å². The summed E-state index contributed by atoms with van der Waals surface area (Å²) in [7, 11) is 0. The predicted octanol–water partition coefficient (Wildman–Crippen LogP) is 2.26. The Morgan fingerprint density at radius 1 is 1.22 bits per heavy atom. The van der Waals surface area contributed by atoms with E-state index in [9.17, 15) is 4.79 Å². The molecule has 1 aromatic rings. The normalized spacial score (nSPS) is 25.1. The van der Waals surface area contributed by atoms with Crippen molar-refractivity contribution < 1.29 is 9.90 Å². The molecule has 1 aliphatic heterocycles. The van der Waals surface area contributed by atoms with E-state index < -0.39 is 6.09 Å². The molecule has 2 rings (SSSR count). The standard InChI is InChI=1S/C14H20N2O2/c1-11-9-16(14(17)18)12(2)8-15(11)10-13-6-4-3-5-7-13/h3-7,11-12H,8-10H2,1-2H3,(H,17,18). The molecule has 2 unspecified atom stereocenters. The van der Waals surface area contributed by atoms with Gasteiger partial charge in [-0.15, -0.1) is 0 Å². The first-order valence-electron chi connectivity index (χ1n) is 6.35. The van der Waals surface area contributed by atoms with E-state index in [1.54, 1.807) is 0 Å². The van der Waals surface area contributed by atoms with Crippen molar-refractivity contribution >= 4 is 6.09 Å². The van der Waals surface area contributed by atoms with Gasteiger partial charge in [0.05, 0.1) is 0 Å². The van der Waals surface area contributed by atoms with Gasteiger partial charge < -0.3 is 10.0 Å². The van der Waals surface area contributed by atoms with Gasteiger partial charge in [0.1, 0.15) is 0 Å². The SMILES string of the molecule is CC1CN(C(=O)O)C(C)CN1Cc1ccccc1. The number of nitrogens with zero attached hydrogens (tertiary/aromatic N) is 2. The van der Waals surface area contributed by atoms with Crippen LogP contribution in [0.5, 0.6) is 0 Å². The third kappa shape index (κ3) is 2.82. The van der Waals surface area contributed by atoms with Crippen molar-refractivity contribution in [3.05, 3.63) is 35.9 Å². The minimum Gasteiger partial charge on any atom is -0.465 e. The number of hydrogen-bond donors (Lipinski definition) is 1. The van der Waals surface area contributed by atoms with E-state index in [0.717, 1.165) is 13.1 Å². The highest BCUT2D eigenvalue weighted by Crippen LogP contribution is 2.17. The lowest BCUT2D eigenvalue weighted by Crippen LogP contribution is -2.57. The van der Waals surface area contributed by atoms with Gasteiger partial charge in [0, 0.05) is 31.7 Å². The minimum atomic E-state index is -0.811.